The normalized spacial score (nSPS) is 17.3. The number of carbonyl (C=O) groups is 2. The van der Waals surface area contributed by atoms with Crippen molar-refractivity contribution >= 4 is 27.7 Å². The summed E-state index contributed by atoms with van der Waals surface area (Å²) in [5.41, 5.74) is 0. The number of carbonyl (C=O) groups excluding carboxylic acids is 2. The number of amides is 2. The van der Waals surface area contributed by atoms with Crippen LogP contribution < -0.4 is 10.6 Å². The molecule has 0 radical (unpaired) electrons. The summed E-state index contributed by atoms with van der Waals surface area (Å²) in [5, 5.41) is 5.51. The maximum absolute atomic E-state index is 11.2. The van der Waals surface area contributed by atoms with Gasteiger partial charge in [-0.2, -0.15) is 0 Å². The first kappa shape index (κ1) is 11.5. The Hall–Kier alpha value is -0.580. The molecule has 0 aromatic heterocycles. The van der Waals surface area contributed by atoms with Gasteiger partial charge in [0, 0.05) is 19.0 Å². The molecule has 0 saturated heterocycles. The Balaban J connectivity index is 2.02. The molecule has 0 aromatic carbocycles. The third-order valence-electron chi connectivity index (χ3n) is 1.96. The molecule has 1 unspecified atom stereocenters. The van der Waals surface area contributed by atoms with Crippen molar-refractivity contribution in [1.82, 2.24) is 10.6 Å². The van der Waals surface area contributed by atoms with Gasteiger partial charge < -0.3 is 10.6 Å². The molecule has 1 rings (SSSR count). The number of rotatable bonds is 5. The second-order valence-electron chi connectivity index (χ2n) is 3.50. The summed E-state index contributed by atoms with van der Waals surface area (Å²) in [7, 11) is 0. The molecule has 2 amide bonds. The van der Waals surface area contributed by atoms with E-state index in [-0.39, 0.29) is 16.6 Å². The Morgan fingerprint density at radius 2 is 2.14 bits per heavy atom. The molecule has 2 N–H and O–H groups in total. The number of nitrogens with one attached hydrogen (secondary N) is 2. The zero-order valence-electron chi connectivity index (χ0n) is 8.18. The van der Waals surface area contributed by atoms with Crippen LogP contribution in [0.4, 0.5) is 0 Å². The van der Waals surface area contributed by atoms with Crippen LogP contribution in [-0.4, -0.2) is 29.2 Å². The third-order valence-corrected chi connectivity index (χ3v) is 2.37. The maximum Gasteiger partial charge on any atom is 0.233 e. The second-order valence-corrected chi connectivity index (χ2v) is 4.87. The third kappa shape index (κ3) is 4.60. The number of halogens is 1. The van der Waals surface area contributed by atoms with Gasteiger partial charge in [-0.15, -0.1) is 0 Å². The molecule has 0 bridgehead atoms. The highest BCUT2D eigenvalue weighted by atomic mass is 79.9. The van der Waals surface area contributed by atoms with Crippen LogP contribution in [0, 0.1) is 0 Å². The summed E-state index contributed by atoms with van der Waals surface area (Å²) in [4.78, 5) is 22.0. The van der Waals surface area contributed by atoms with E-state index in [0.717, 1.165) is 12.8 Å². The molecule has 0 spiro atoms. The predicted molar refractivity (Wildman–Crippen MR) is 57.2 cm³/mol. The van der Waals surface area contributed by atoms with E-state index in [1.807, 2.05) is 0 Å². The lowest BCUT2D eigenvalue weighted by molar-refractivity contribution is -0.122. The van der Waals surface area contributed by atoms with Gasteiger partial charge in [-0.05, 0) is 19.8 Å². The number of hydrogen-bond acceptors (Lipinski definition) is 2. The molecule has 1 aliphatic rings. The second kappa shape index (κ2) is 5.34. The van der Waals surface area contributed by atoms with Crippen molar-refractivity contribution in [3.8, 4) is 0 Å². The number of alkyl halides is 1. The fourth-order valence-corrected chi connectivity index (χ4v) is 1.13. The summed E-state index contributed by atoms with van der Waals surface area (Å²) >= 11 is 3.14. The minimum Gasteiger partial charge on any atom is -0.355 e. The van der Waals surface area contributed by atoms with Crippen molar-refractivity contribution in [2.45, 2.75) is 37.1 Å². The van der Waals surface area contributed by atoms with Gasteiger partial charge in [-0.25, -0.2) is 0 Å². The van der Waals surface area contributed by atoms with Crippen LogP contribution in [0.3, 0.4) is 0 Å². The van der Waals surface area contributed by atoms with Crippen molar-refractivity contribution in [3.05, 3.63) is 0 Å². The summed E-state index contributed by atoms with van der Waals surface area (Å²) in [6, 6.07) is 0.397. The smallest absolute Gasteiger partial charge is 0.233 e. The highest BCUT2D eigenvalue weighted by Crippen LogP contribution is 2.18. The van der Waals surface area contributed by atoms with Crippen LogP contribution >= 0.6 is 15.9 Å². The van der Waals surface area contributed by atoms with Gasteiger partial charge in [0.25, 0.3) is 0 Å². The minimum atomic E-state index is -0.200. The predicted octanol–water partition coefficient (Wildman–Crippen LogP) is 0.555. The maximum atomic E-state index is 11.2. The Morgan fingerprint density at radius 1 is 1.50 bits per heavy atom. The fraction of sp³-hybridized carbons (Fsp3) is 0.778. The first-order chi connectivity index (χ1) is 6.59. The molecule has 1 aliphatic carbocycles. The van der Waals surface area contributed by atoms with Gasteiger partial charge in [0.2, 0.25) is 11.8 Å². The van der Waals surface area contributed by atoms with E-state index in [2.05, 4.69) is 26.6 Å². The van der Waals surface area contributed by atoms with Gasteiger partial charge in [-0.1, -0.05) is 15.9 Å². The Kier molecular flexibility index (Phi) is 4.38. The Labute approximate surface area is 91.9 Å². The van der Waals surface area contributed by atoms with Crippen LogP contribution in [0.2, 0.25) is 0 Å². The van der Waals surface area contributed by atoms with Gasteiger partial charge in [0.15, 0.2) is 0 Å². The van der Waals surface area contributed by atoms with Gasteiger partial charge >= 0.3 is 0 Å². The van der Waals surface area contributed by atoms with Gasteiger partial charge in [-0.3, -0.25) is 9.59 Å². The van der Waals surface area contributed by atoms with E-state index in [0.29, 0.717) is 19.0 Å². The van der Waals surface area contributed by atoms with E-state index < -0.39 is 0 Å². The van der Waals surface area contributed by atoms with Crippen molar-refractivity contribution in [1.29, 1.82) is 0 Å². The van der Waals surface area contributed by atoms with E-state index in [9.17, 15) is 9.59 Å². The minimum absolute atomic E-state index is 0.0232. The van der Waals surface area contributed by atoms with Crippen LogP contribution in [0.15, 0.2) is 0 Å². The molecular weight excluding hydrogens is 248 g/mol. The first-order valence-corrected chi connectivity index (χ1v) is 5.72. The lowest BCUT2D eigenvalue weighted by Gasteiger charge is -2.06. The highest BCUT2D eigenvalue weighted by molar-refractivity contribution is 9.10. The van der Waals surface area contributed by atoms with Crippen molar-refractivity contribution in [3.63, 3.8) is 0 Å². The fourth-order valence-electron chi connectivity index (χ4n) is 0.967. The molecule has 80 valence electrons. The van der Waals surface area contributed by atoms with Crippen molar-refractivity contribution < 1.29 is 9.59 Å². The summed E-state index contributed by atoms with van der Waals surface area (Å²) < 4.78 is 0. The van der Waals surface area contributed by atoms with Crippen molar-refractivity contribution in [2.75, 3.05) is 6.54 Å². The first-order valence-electron chi connectivity index (χ1n) is 4.80. The zero-order valence-corrected chi connectivity index (χ0v) is 9.76. The molecule has 0 heterocycles. The SMILES string of the molecule is CC(Br)C(=O)NCCC(=O)NC1CC1. The number of hydrogen-bond donors (Lipinski definition) is 2. The van der Waals surface area contributed by atoms with E-state index in [1.54, 1.807) is 6.92 Å². The lowest BCUT2D eigenvalue weighted by Crippen LogP contribution is -2.34. The topological polar surface area (TPSA) is 58.2 Å². The molecule has 1 atom stereocenters. The monoisotopic (exact) mass is 262 g/mol. The summed E-state index contributed by atoms with van der Waals surface area (Å²) in [5.74, 6) is -0.0563. The quantitative estimate of drug-likeness (QED) is 0.712. The molecule has 5 heteroatoms. The average Bonchev–Trinajstić information content (AvgIpc) is 2.87. The van der Waals surface area contributed by atoms with Crippen LogP contribution in [0.1, 0.15) is 26.2 Å². The lowest BCUT2D eigenvalue weighted by atomic mass is 10.3. The van der Waals surface area contributed by atoms with Crippen LogP contribution in [0.25, 0.3) is 0 Å². The zero-order chi connectivity index (χ0) is 10.6. The standard InChI is InChI=1S/C9H15BrN2O2/c1-6(10)9(14)11-5-4-8(13)12-7-2-3-7/h6-7H,2-5H2,1H3,(H,11,14)(H,12,13). The molecule has 0 aromatic rings. The van der Waals surface area contributed by atoms with Gasteiger partial charge in [0.1, 0.15) is 0 Å². The van der Waals surface area contributed by atoms with Crippen molar-refractivity contribution in [2.24, 2.45) is 0 Å². The van der Waals surface area contributed by atoms with Crippen LogP contribution in [-0.2, 0) is 9.59 Å². The summed E-state index contributed by atoms with van der Waals surface area (Å²) in [6.45, 7) is 2.16. The molecule has 4 nitrogen and oxygen atoms in total. The average molecular weight is 263 g/mol. The molecule has 0 aliphatic heterocycles. The molecule has 14 heavy (non-hydrogen) atoms. The Bertz CT molecular complexity index is 227. The van der Waals surface area contributed by atoms with Gasteiger partial charge in [0.05, 0.1) is 4.83 Å². The molecule has 1 saturated carbocycles. The summed E-state index contributed by atoms with van der Waals surface area (Å²) in [6.07, 6.45) is 2.55. The van der Waals surface area contributed by atoms with E-state index in [1.165, 1.54) is 0 Å². The molecule has 1 fully saturated rings. The van der Waals surface area contributed by atoms with Crippen LogP contribution in [0.5, 0.6) is 0 Å². The van der Waals surface area contributed by atoms with E-state index in [4.69, 9.17) is 0 Å². The van der Waals surface area contributed by atoms with E-state index >= 15 is 0 Å². The highest BCUT2D eigenvalue weighted by Gasteiger charge is 2.22. The Morgan fingerprint density at radius 3 is 2.64 bits per heavy atom. The largest absolute Gasteiger partial charge is 0.355 e. The molecular formula is C9H15BrN2O2.